The molecule has 10 nitrogen and oxygen atoms in total. The van der Waals surface area contributed by atoms with E-state index in [-0.39, 0.29) is 34.5 Å². The first kappa shape index (κ1) is 47.6. The maximum atomic E-state index is 11.9. The van der Waals surface area contributed by atoms with Crippen LogP contribution in [0.1, 0.15) is 0 Å². The van der Waals surface area contributed by atoms with Crippen LogP contribution in [0.2, 0.25) is 0 Å². The molecule has 0 amide bonds. The molecule has 0 atom stereocenters. The molecule has 10 rings (SSSR count). The van der Waals surface area contributed by atoms with Gasteiger partial charge in [-0.25, -0.2) is 8.42 Å². The molecule has 0 aliphatic carbocycles. The number of hydrogen-bond acceptors (Lipinski definition) is 9. The van der Waals surface area contributed by atoms with Crippen molar-refractivity contribution in [3.8, 4) is 50.9 Å². The average molecular weight is 952 g/mol. The number of rotatable bonds is 14. The van der Waals surface area contributed by atoms with Gasteiger partial charge < -0.3 is 37.9 Å². The standard InChI is InChI=1S/C58H47N3O7S.Na/c1-65-50-25-15-45(16-26-50)59(46-17-27-51(66-2)28-18-46)43-11-5-39(6-12-43)41-9-35-57-55(37-41)56-38-42(10-36-58(56)61(57)49-23-33-54(34-24-49)69(62,63)64)40-7-13-44(14-8-40)60(47-19-29-52(67-3)30-20-47)48-21-31-53(68-4)32-22-48;/h5-38H,1-4H3,(H,62,63,64);/q;+1/p-1. The Kier molecular flexibility index (Phi) is 13.7. The van der Waals surface area contributed by atoms with Crippen molar-refractivity contribution in [2.24, 2.45) is 0 Å². The minimum Gasteiger partial charge on any atom is -0.744 e. The molecule has 0 unspecified atom stereocenters. The third kappa shape index (κ3) is 9.45. The van der Waals surface area contributed by atoms with Gasteiger partial charge in [-0.1, -0.05) is 36.4 Å². The second-order valence-electron chi connectivity index (χ2n) is 16.3. The Hall–Kier alpha value is -7.51. The van der Waals surface area contributed by atoms with Gasteiger partial charge >= 0.3 is 29.6 Å². The van der Waals surface area contributed by atoms with Crippen molar-refractivity contribution in [2.75, 3.05) is 38.2 Å². The molecule has 0 N–H and O–H groups in total. The number of benzene rings is 9. The van der Waals surface area contributed by atoms with E-state index in [1.165, 1.54) is 12.1 Å². The molecule has 12 heteroatoms. The predicted molar refractivity (Wildman–Crippen MR) is 275 cm³/mol. The van der Waals surface area contributed by atoms with Gasteiger partial charge in [-0.2, -0.15) is 0 Å². The molecule has 70 heavy (non-hydrogen) atoms. The molecular formula is C58H46N3NaO7S. The van der Waals surface area contributed by atoms with Crippen LogP contribution in [0.4, 0.5) is 34.1 Å². The molecule has 0 spiro atoms. The van der Waals surface area contributed by atoms with Crippen LogP contribution in [0.3, 0.4) is 0 Å². The van der Waals surface area contributed by atoms with Crippen molar-refractivity contribution in [2.45, 2.75) is 4.90 Å². The third-order valence-electron chi connectivity index (χ3n) is 12.4. The SMILES string of the molecule is COc1ccc(N(c2ccc(OC)cc2)c2ccc(-c3ccc4c(c3)c3cc(-c5ccc(N(c6ccc(OC)cc6)c6ccc(OC)cc6)cc5)ccc3n4-c3ccc(S(=O)(=O)[O-])cc3)cc2)cc1.[Na+]. The van der Waals surface area contributed by atoms with Gasteiger partial charge in [0.2, 0.25) is 0 Å². The number of aromatic nitrogens is 1. The summed E-state index contributed by atoms with van der Waals surface area (Å²) >= 11 is 0. The van der Waals surface area contributed by atoms with Gasteiger partial charge in [-0.3, -0.25) is 0 Å². The van der Waals surface area contributed by atoms with Crippen LogP contribution in [-0.2, 0) is 10.1 Å². The largest absolute Gasteiger partial charge is 1.00 e. The summed E-state index contributed by atoms with van der Waals surface area (Å²) in [5.41, 5.74) is 12.5. The van der Waals surface area contributed by atoms with Crippen LogP contribution in [0.15, 0.2) is 211 Å². The van der Waals surface area contributed by atoms with Crippen LogP contribution in [0.5, 0.6) is 23.0 Å². The van der Waals surface area contributed by atoms with Crippen LogP contribution in [0.25, 0.3) is 49.7 Å². The van der Waals surface area contributed by atoms with Gasteiger partial charge in [0.05, 0.1) is 44.4 Å². The van der Waals surface area contributed by atoms with Crippen molar-refractivity contribution < 1.29 is 61.5 Å². The molecule has 342 valence electrons. The average Bonchev–Trinajstić information content (AvgIpc) is 3.73. The molecule has 9 aromatic carbocycles. The number of methoxy groups -OCH3 is 4. The Labute approximate surface area is 429 Å². The molecule has 0 saturated carbocycles. The Morgan fingerprint density at radius 1 is 0.371 bits per heavy atom. The van der Waals surface area contributed by atoms with Gasteiger partial charge in [0.25, 0.3) is 0 Å². The Balaban J connectivity index is 0.00000608. The first-order chi connectivity index (χ1) is 33.6. The zero-order chi connectivity index (χ0) is 47.6. The molecule has 0 aliphatic heterocycles. The second-order valence-corrected chi connectivity index (χ2v) is 17.7. The van der Waals surface area contributed by atoms with Crippen molar-refractivity contribution in [3.63, 3.8) is 0 Å². The summed E-state index contributed by atoms with van der Waals surface area (Å²) in [6, 6.07) is 67.8. The minimum atomic E-state index is -4.62. The fourth-order valence-electron chi connectivity index (χ4n) is 8.85. The molecule has 0 radical (unpaired) electrons. The maximum absolute atomic E-state index is 11.9. The minimum absolute atomic E-state index is 0. The molecular weight excluding hydrogens is 906 g/mol. The number of anilines is 6. The van der Waals surface area contributed by atoms with Crippen molar-refractivity contribution in [1.29, 1.82) is 0 Å². The molecule has 1 heterocycles. The summed E-state index contributed by atoms with van der Waals surface area (Å²) < 4.78 is 59.7. The van der Waals surface area contributed by atoms with Gasteiger partial charge in [0.1, 0.15) is 33.1 Å². The quantitative estimate of drug-likeness (QED) is 0.0778. The first-order valence-corrected chi connectivity index (χ1v) is 23.5. The van der Waals surface area contributed by atoms with Gasteiger partial charge in [-0.05, 0) is 192 Å². The van der Waals surface area contributed by atoms with E-state index in [2.05, 4.69) is 99.3 Å². The van der Waals surface area contributed by atoms with E-state index >= 15 is 0 Å². The molecule has 0 aliphatic rings. The summed E-state index contributed by atoms with van der Waals surface area (Å²) in [5.74, 6) is 3.10. The van der Waals surface area contributed by atoms with Crippen molar-refractivity contribution >= 4 is 66.0 Å². The number of hydrogen-bond donors (Lipinski definition) is 0. The second kappa shape index (κ2) is 20.2. The monoisotopic (exact) mass is 951 g/mol. The van der Waals surface area contributed by atoms with Gasteiger partial charge in [0.15, 0.2) is 0 Å². The maximum Gasteiger partial charge on any atom is 1.00 e. The van der Waals surface area contributed by atoms with E-state index in [9.17, 15) is 13.0 Å². The Morgan fingerprint density at radius 3 is 0.914 bits per heavy atom. The van der Waals surface area contributed by atoms with E-state index in [0.29, 0.717) is 0 Å². The van der Waals surface area contributed by atoms with Crippen molar-refractivity contribution in [1.82, 2.24) is 4.57 Å². The molecule has 10 aromatic rings. The van der Waals surface area contributed by atoms with Crippen LogP contribution in [-0.4, -0.2) is 46.0 Å². The smallest absolute Gasteiger partial charge is 0.744 e. The summed E-state index contributed by atoms with van der Waals surface area (Å²) in [7, 11) is 2.01. The normalized spacial score (nSPS) is 11.2. The Bertz CT molecular complexity index is 3240. The molecule has 1 aromatic heterocycles. The summed E-state index contributed by atoms with van der Waals surface area (Å²) in [6.45, 7) is 0. The molecule has 0 fully saturated rings. The van der Waals surface area contributed by atoms with Crippen LogP contribution < -0.4 is 58.3 Å². The van der Waals surface area contributed by atoms with E-state index in [1.54, 1.807) is 40.6 Å². The predicted octanol–water partition coefficient (Wildman–Crippen LogP) is 11.0. The molecule has 0 saturated heterocycles. The summed E-state index contributed by atoms with van der Waals surface area (Å²) in [4.78, 5) is 4.10. The first-order valence-electron chi connectivity index (χ1n) is 22.1. The van der Waals surface area contributed by atoms with E-state index in [1.807, 2.05) is 97.1 Å². The zero-order valence-electron chi connectivity index (χ0n) is 39.2. The summed E-state index contributed by atoms with van der Waals surface area (Å²) in [5, 5.41) is 2.02. The third-order valence-corrected chi connectivity index (χ3v) is 13.2. The van der Waals surface area contributed by atoms with Gasteiger partial charge in [0, 0.05) is 50.6 Å². The van der Waals surface area contributed by atoms with Crippen molar-refractivity contribution in [3.05, 3.63) is 206 Å². The van der Waals surface area contributed by atoms with Crippen LogP contribution in [0, 0.1) is 0 Å². The fourth-order valence-corrected chi connectivity index (χ4v) is 9.32. The topological polar surface area (TPSA) is 106 Å². The Morgan fingerprint density at radius 2 is 0.643 bits per heavy atom. The number of nitrogens with zero attached hydrogens (tertiary/aromatic N) is 3. The van der Waals surface area contributed by atoms with E-state index in [0.717, 1.165) is 107 Å². The van der Waals surface area contributed by atoms with Gasteiger partial charge in [-0.15, -0.1) is 0 Å². The summed E-state index contributed by atoms with van der Waals surface area (Å²) in [6.07, 6.45) is 0. The van der Waals surface area contributed by atoms with E-state index in [4.69, 9.17) is 18.9 Å². The molecule has 0 bridgehead atoms. The van der Waals surface area contributed by atoms with E-state index < -0.39 is 10.1 Å². The zero-order valence-corrected chi connectivity index (χ0v) is 42.1. The van der Waals surface area contributed by atoms with Crippen LogP contribution >= 0.6 is 0 Å². The fraction of sp³-hybridized carbons (Fsp3) is 0.0690. The number of fused-ring (bicyclic) bond motifs is 3. The number of ether oxygens (including phenoxy) is 4.